The molecule has 136 valence electrons. The van der Waals surface area contributed by atoms with Crippen molar-refractivity contribution in [3.8, 4) is 0 Å². The Hall–Kier alpha value is -2.61. The molecular formula is C24H30N2. The molecule has 3 aromatic rings. The molecule has 1 aliphatic carbocycles. The van der Waals surface area contributed by atoms with Crippen LogP contribution in [0.3, 0.4) is 0 Å². The Morgan fingerprint density at radius 3 is 2.31 bits per heavy atom. The van der Waals surface area contributed by atoms with Crippen LogP contribution in [0.2, 0.25) is 0 Å². The number of hydrogen-bond donors (Lipinski definition) is 1. The van der Waals surface area contributed by atoms with Crippen LogP contribution >= 0.6 is 0 Å². The van der Waals surface area contributed by atoms with E-state index in [-0.39, 0.29) is 0 Å². The Balaban J connectivity index is 0.000000190. The first kappa shape index (κ1) is 19.7. The van der Waals surface area contributed by atoms with Gasteiger partial charge in [0.25, 0.3) is 0 Å². The number of rotatable bonds is 1. The van der Waals surface area contributed by atoms with Crippen molar-refractivity contribution in [2.45, 2.75) is 40.5 Å². The molecular weight excluding hydrogens is 316 g/mol. The van der Waals surface area contributed by atoms with Gasteiger partial charge in [0.2, 0.25) is 0 Å². The molecule has 0 radical (unpaired) electrons. The van der Waals surface area contributed by atoms with Crippen molar-refractivity contribution < 1.29 is 0 Å². The summed E-state index contributed by atoms with van der Waals surface area (Å²) in [6.45, 7) is 8.29. The maximum Gasteiger partial charge on any atom is 0.0712 e. The number of fused-ring (bicyclic) bond motifs is 2. The standard InChI is InChI=1S/C14H13N.C8H11N.C2H6/c1-10-11-6-2-4-8-13(11)15-14-9-5-3-7-12(10)14;1-7-3-5-8(9-2)6-4-7;1-2/h2,4-6,8-9H,3,7H2,1H3;3-6,9H,1-2H3;1-2H3. The number of nitrogens with zero attached hydrogens (tertiary/aromatic N) is 1. The van der Waals surface area contributed by atoms with Crippen LogP contribution in [0.25, 0.3) is 17.0 Å². The lowest BCUT2D eigenvalue weighted by Crippen LogP contribution is -2.01. The second kappa shape index (κ2) is 9.76. The Kier molecular flexibility index (Phi) is 7.40. The Morgan fingerprint density at radius 2 is 1.62 bits per heavy atom. The van der Waals surface area contributed by atoms with Gasteiger partial charge in [-0.1, -0.05) is 55.8 Å². The van der Waals surface area contributed by atoms with Gasteiger partial charge in [-0.3, -0.25) is 0 Å². The largest absolute Gasteiger partial charge is 0.388 e. The van der Waals surface area contributed by atoms with Crippen LogP contribution in [0.5, 0.6) is 0 Å². The van der Waals surface area contributed by atoms with Crippen LogP contribution < -0.4 is 5.32 Å². The molecule has 0 amide bonds. The van der Waals surface area contributed by atoms with Gasteiger partial charge >= 0.3 is 0 Å². The quantitative estimate of drug-likeness (QED) is 0.539. The molecule has 0 atom stereocenters. The van der Waals surface area contributed by atoms with Crippen LogP contribution in [0.1, 0.15) is 42.7 Å². The molecule has 2 nitrogen and oxygen atoms in total. The van der Waals surface area contributed by atoms with Crippen molar-refractivity contribution in [2.75, 3.05) is 12.4 Å². The molecule has 0 spiro atoms. The van der Waals surface area contributed by atoms with Crippen molar-refractivity contribution in [3.63, 3.8) is 0 Å². The fourth-order valence-corrected chi connectivity index (χ4v) is 3.04. The molecule has 1 aromatic heterocycles. The number of benzene rings is 2. The summed E-state index contributed by atoms with van der Waals surface area (Å²) in [6, 6.07) is 16.7. The van der Waals surface area contributed by atoms with Crippen LogP contribution in [0, 0.1) is 13.8 Å². The molecule has 0 fully saturated rings. The van der Waals surface area contributed by atoms with Gasteiger partial charge in [-0.15, -0.1) is 0 Å². The lowest BCUT2D eigenvalue weighted by molar-refractivity contribution is 0.959. The molecule has 1 heterocycles. The third-order valence-corrected chi connectivity index (χ3v) is 4.49. The van der Waals surface area contributed by atoms with Crippen molar-refractivity contribution in [2.24, 2.45) is 0 Å². The van der Waals surface area contributed by atoms with E-state index in [1.54, 1.807) is 0 Å². The van der Waals surface area contributed by atoms with E-state index in [0.29, 0.717) is 0 Å². The van der Waals surface area contributed by atoms with E-state index in [2.05, 4.69) is 78.8 Å². The zero-order valence-electron chi connectivity index (χ0n) is 16.6. The van der Waals surface area contributed by atoms with Crippen LogP contribution in [0.4, 0.5) is 5.69 Å². The number of aromatic nitrogens is 1. The van der Waals surface area contributed by atoms with E-state index in [9.17, 15) is 0 Å². The first-order chi connectivity index (χ1) is 12.7. The molecule has 1 N–H and O–H groups in total. The van der Waals surface area contributed by atoms with E-state index >= 15 is 0 Å². The number of nitrogens with one attached hydrogen (secondary N) is 1. The first-order valence-corrected chi connectivity index (χ1v) is 9.48. The minimum absolute atomic E-state index is 1.11. The smallest absolute Gasteiger partial charge is 0.0712 e. The molecule has 0 unspecified atom stereocenters. The number of allylic oxidation sites excluding steroid dienone is 1. The monoisotopic (exact) mass is 346 g/mol. The van der Waals surface area contributed by atoms with E-state index in [4.69, 9.17) is 0 Å². The number of pyridine rings is 1. The third-order valence-electron chi connectivity index (χ3n) is 4.49. The zero-order chi connectivity index (χ0) is 18.9. The van der Waals surface area contributed by atoms with Gasteiger partial charge in [0.15, 0.2) is 0 Å². The minimum Gasteiger partial charge on any atom is -0.388 e. The highest BCUT2D eigenvalue weighted by Gasteiger charge is 2.11. The average molecular weight is 347 g/mol. The highest BCUT2D eigenvalue weighted by molar-refractivity contribution is 5.85. The summed E-state index contributed by atoms with van der Waals surface area (Å²) in [5, 5.41) is 4.35. The predicted molar refractivity (Wildman–Crippen MR) is 116 cm³/mol. The van der Waals surface area contributed by atoms with Gasteiger partial charge in [-0.05, 0) is 62.1 Å². The fraction of sp³-hybridized carbons (Fsp3) is 0.292. The molecule has 1 aliphatic rings. The molecule has 2 heteroatoms. The van der Waals surface area contributed by atoms with Crippen molar-refractivity contribution in [3.05, 3.63) is 77.0 Å². The summed E-state index contributed by atoms with van der Waals surface area (Å²) in [6.07, 6.45) is 6.64. The summed E-state index contributed by atoms with van der Waals surface area (Å²) >= 11 is 0. The molecule has 0 bridgehead atoms. The summed E-state index contributed by atoms with van der Waals surface area (Å²) in [5.41, 5.74) is 7.57. The number of anilines is 1. The summed E-state index contributed by atoms with van der Waals surface area (Å²) in [5.74, 6) is 0. The highest BCUT2D eigenvalue weighted by Crippen LogP contribution is 2.27. The Labute approximate surface area is 158 Å². The van der Waals surface area contributed by atoms with Gasteiger partial charge in [0, 0.05) is 18.1 Å². The van der Waals surface area contributed by atoms with Gasteiger partial charge in [-0.25, -0.2) is 4.98 Å². The Bertz CT molecular complexity index is 861. The number of para-hydroxylation sites is 1. The normalized spacial score (nSPS) is 11.6. The summed E-state index contributed by atoms with van der Waals surface area (Å²) < 4.78 is 0. The Morgan fingerprint density at radius 1 is 0.923 bits per heavy atom. The minimum atomic E-state index is 1.11. The van der Waals surface area contributed by atoms with E-state index < -0.39 is 0 Å². The second-order valence-electron chi connectivity index (χ2n) is 6.17. The maximum absolute atomic E-state index is 4.69. The summed E-state index contributed by atoms with van der Waals surface area (Å²) in [7, 11) is 1.92. The predicted octanol–water partition coefficient (Wildman–Crippen LogP) is 6.57. The highest BCUT2D eigenvalue weighted by atomic mass is 14.8. The van der Waals surface area contributed by atoms with Gasteiger partial charge in [0.05, 0.1) is 11.2 Å². The van der Waals surface area contributed by atoms with Crippen LogP contribution in [-0.2, 0) is 6.42 Å². The summed E-state index contributed by atoms with van der Waals surface area (Å²) in [4.78, 5) is 4.69. The molecule has 0 saturated carbocycles. The third kappa shape index (κ3) is 4.72. The average Bonchev–Trinajstić information content (AvgIpc) is 2.71. The van der Waals surface area contributed by atoms with Crippen LogP contribution in [0.15, 0.2) is 54.6 Å². The van der Waals surface area contributed by atoms with Crippen LogP contribution in [-0.4, -0.2) is 12.0 Å². The van der Waals surface area contributed by atoms with E-state index in [0.717, 1.165) is 24.1 Å². The van der Waals surface area contributed by atoms with Crippen molar-refractivity contribution in [1.29, 1.82) is 0 Å². The lowest BCUT2D eigenvalue weighted by Gasteiger charge is -2.14. The van der Waals surface area contributed by atoms with E-state index in [1.807, 2.05) is 27.0 Å². The number of hydrogen-bond acceptors (Lipinski definition) is 2. The van der Waals surface area contributed by atoms with Gasteiger partial charge in [-0.2, -0.15) is 0 Å². The molecule has 0 aliphatic heterocycles. The molecule has 4 rings (SSSR count). The first-order valence-electron chi connectivity index (χ1n) is 9.48. The van der Waals surface area contributed by atoms with Gasteiger partial charge < -0.3 is 5.32 Å². The SMILES string of the molecule is CC.CNc1ccc(C)cc1.Cc1c2c(nc3ccccc13)C=CCC2. The number of aryl methyl sites for hydroxylation is 2. The lowest BCUT2D eigenvalue weighted by atomic mass is 9.94. The topological polar surface area (TPSA) is 24.9 Å². The fourth-order valence-electron chi connectivity index (χ4n) is 3.04. The molecule has 26 heavy (non-hydrogen) atoms. The maximum atomic E-state index is 4.69. The van der Waals surface area contributed by atoms with E-state index in [1.165, 1.54) is 27.8 Å². The van der Waals surface area contributed by atoms with Gasteiger partial charge in [0.1, 0.15) is 0 Å². The van der Waals surface area contributed by atoms with Crippen molar-refractivity contribution >= 4 is 22.7 Å². The second-order valence-corrected chi connectivity index (χ2v) is 6.17. The van der Waals surface area contributed by atoms with Crippen molar-refractivity contribution in [1.82, 2.24) is 4.98 Å². The molecule has 0 saturated heterocycles. The molecule has 2 aromatic carbocycles. The zero-order valence-corrected chi connectivity index (χ0v) is 16.6.